The van der Waals surface area contributed by atoms with Gasteiger partial charge in [0, 0.05) is 5.69 Å². The fraction of sp³-hybridized carbons (Fsp3) is 0.167. The lowest BCUT2D eigenvalue weighted by molar-refractivity contribution is -0.113. The Kier molecular flexibility index (Phi) is 5.92. The van der Waals surface area contributed by atoms with E-state index in [0.717, 1.165) is 17.5 Å². The molecule has 0 saturated heterocycles. The van der Waals surface area contributed by atoms with Gasteiger partial charge in [0.1, 0.15) is 11.6 Å². The van der Waals surface area contributed by atoms with Gasteiger partial charge in [-0.05, 0) is 43.3 Å². The summed E-state index contributed by atoms with van der Waals surface area (Å²) in [5, 5.41) is 10.9. The molecule has 0 spiro atoms. The number of thioether (sulfide) groups is 1. The van der Waals surface area contributed by atoms with Gasteiger partial charge < -0.3 is 15.9 Å². The molecule has 0 atom stereocenters. The summed E-state index contributed by atoms with van der Waals surface area (Å²) in [6.45, 7) is 2.48. The number of hydrogen-bond donors (Lipinski definition) is 2. The van der Waals surface area contributed by atoms with Crippen molar-refractivity contribution in [2.45, 2.75) is 12.1 Å². The predicted molar refractivity (Wildman–Crippen MR) is 103 cm³/mol. The van der Waals surface area contributed by atoms with Crippen molar-refractivity contribution in [3.8, 4) is 17.1 Å². The molecule has 0 aliphatic heterocycles. The molecule has 1 amide bonds. The van der Waals surface area contributed by atoms with E-state index < -0.39 is 5.82 Å². The van der Waals surface area contributed by atoms with Crippen LogP contribution in [0.15, 0.2) is 53.7 Å². The highest BCUT2D eigenvalue weighted by atomic mass is 32.2. The van der Waals surface area contributed by atoms with Crippen LogP contribution >= 0.6 is 11.8 Å². The van der Waals surface area contributed by atoms with Gasteiger partial charge in [-0.3, -0.25) is 4.79 Å². The minimum absolute atomic E-state index is 0.0832. The van der Waals surface area contributed by atoms with Crippen molar-refractivity contribution in [3.05, 3.63) is 54.3 Å². The topological polar surface area (TPSA) is 95.1 Å². The van der Waals surface area contributed by atoms with Crippen LogP contribution in [0.5, 0.6) is 5.75 Å². The average Bonchev–Trinajstić information content (AvgIpc) is 3.03. The minimum atomic E-state index is -0.443. The van der Waals surface area contributed by atoms with Gasteiger partial charge in [0.2, 0.25) is 11.1 Å². The standard InChI is InChI=1S/C18H18FN5O2S/c1-2-26-13-9-7-12(8-10-13)21-16(25)11-27-18-23-22-17(24(18)20)14-5-3-4-6-15(14)19/h3-10H,2,11,20H2,1H3,(H,21,25). The van der Waals surface area contributed by atoms with E-state index >= 15 is 0 Å². The molecule has 140 valence electrons. The fourth-order valence-electron chi connectivity index (χ4n) is 2.33. The van der Waals surface area contributed by atoms with Gasteiger partial charge in [-0.25, -0.2) is 9.07 Å². The average molecular weight is 387 g/mol. The van der Waals surface area contributed by atoms with Crippen molar-refractivity contribution in [2.75, 3.05) is 23.5 Å². The Morgan fingerprint density at radius 3 is 2.67 bits per heavy atom. The van der Waals surface area contributed by atoms with Crippen LogP contribution in [0.25, 0.3) is 11.4 Å². The second-order valence-electron chi connectivity index (χ2n) is 5.45. The highest BCUT2D eigenvalue weighted by Gasteiger charge is 2.16. The Morgan fingerprint density at radius 1 is 1.22 bits per heavy atom. The number of hydrogen-bond acceptors (Lipinski definition) is 6. The van der Waals surface area contributed by atoms with E-state index in [0.29, 0.717) is 17.5 Å². The highest BCUT2D eigenvalue weighted by molar-refractivity contribution is 7.99. The molecule has 1 heterocycles. The molecule has 0 unspecified atom stereocenters. The van der Waals surface area contributed by atoms with Gasteiger partial charge in [0.15, 0.2) is 5.82 Å². The zero-order chi connectivity index (χ0) is 19.2. The summed E-state index contributed by atoms with van der Waals surface area (Å²) in [6, 6.07) is 13.2. The molecule has 0 aliphatic rings. The number of anilines is 1. The SMILES string of the molecule is CCOc1ccc(NC(=O)CSc2nnc(-c3ccccc3F)n2N)cc1. The number of nitrogen functional groups attached to an aromatic ring is 1. The van der Waals surface area contributed by atoms with Crippen LogP contribution in [-0.4, -0.2) is 33.1 Å². The third-order valence-corrected chi connectivity index (χ3v) is 4.50. The number of halogens is 1. The van der Waals surface area contributed by atoms with E-state index in [1.807, 2.05) is 6.92 Å². The molecule has 0 saturated carbocycles. The second-order valence-corrected chi connectivity index (χ2v) is 6.39. The number of nitrogens with zero attached hydrogens (tertiary/aromatic N) is 3. The molecule has 7 nitrogen and oxygen atoms in total. The number of benzene rings is 2. The number of carbonyl (C=O) groups is 1. The van der Waals surface area contributed by atoms with Crippen molar-refractivity contribution >= 4 is 23.4 Å². The molecule has 9 heteroatoms. The predicted octanol–water partition coefficient (Wildman–Crippen LogP) is 2.93. The largest absolute Gasteiger partial charge is 0.494 e. The summed E-state index contributed by atoms with van der Waals surface area (Å²) < 4.78 is 20.4. The maximum atomic E-state index is 13.9. The van der Waals surface area contributed by atoms with Gasteiger partial charge in [-0.15, -0.1) is 10.2 Å². The minimum Gasteiger partial charge on any atom is -0.494 e. The van der Waals surface area contributed by atoms with Crippen molar-refractivity contribution < 1.29 is 13.9 Å². The number of nitrogens with one attached hydrogen (secondary N) is 1. The van der Waals surface area contributed by atoms with Crippen LogP contribution in [0.1, 0.15) is 6.92 Å². The van der Waals surface area contributed by atoms with E-state index in [2.05, 4.69) is 15.5 Å². The zero-order valence-corrected chi connectivity index (χ0v) is 15.4. The lowest BCUT2D eigenvalue weighted by atomic mass is 10.2. The first-order valence-corrected chi connectivity index (χ1v) is 9.18. The third kappa shape index (κ3) is 4.56. The number of ether oxygens (including phenoxy) is 1. The van der Waals surface area contributed by atoms with Crippen LogP contribution in [0.2, 0.25) is 0 Å². The summed E-state index contributed by atoms with van der Waals surface area (Å²) in [7, 11) is 0. The van der Waals surface area contributed by atoms with Gasteiger partial charge in [0.25, 0.3) is 0 Å². The fourth-order valence-corrected chi connectivity index (χ4v) is 2.99. The van der Waals surface area contributed by atoms with Gasteiger partial charge in [0.05, 0.1) is 17.9 Å². The zero-order valence-electron chi connectivity index (χ0n) is 14.6. The lowest BCUT2D eigenvalue weighted by Crippen LogP contribution is -2.16. The molecule has 3 aromatic rings. The first-order valence-electron chi connectivity index (χ1n) is 8.19. The Morgan fingerprint density at radius 2 is 1.96 bits per heavy atom. The molecule has 0 radical (unpaired) electrons. The van der Waals surface area contributed by atoms with Crippen molar-refractivity contribution in [1.29, 1.82) is 0 Å². The molecule has 3 N–H and O–H groups in total. The van der Waals surface area contributed by atoms with Crippen LogP contribution in [0.3, 0.4) is 0 Å². The number of amides is 1. The summed E-state index contributed by atoms with van der Waals surface area (Å²) in [5.74, 6) is 6.30. The Balaban J connectivity index is 1.60. The summed E-state index contributed by atoms with van der Waals surface area (Å²) in [6.07, 6.45) is 0. The number of carbonyl (C=O) groups excluding carboxylic acids is 1. The van der Waals surface area contributed by atoms with E-state index in [1.165, 1.54) is 10.7 Å². The molecule has 2 aromatic carbocycles. The summed E-state index contributed by atoms with van der Waals surface area (Å²) >= 11 is 1.11. The van der Waals surface area contributed by atoms with E-state index in [4.69, 9.17) is 10.6 Å². The monoisotopic (exact) mass is 387 g/mol. The van der Waals surface area contributed by atoms with Crippen molar-refractivity contribution in [1.82, 2.24) is 14.9 Å². The Hall–Kier alpha value is -3.07. The Labute approximate surface area is 159 Å². The van der Waals surface area contributed by atoms with Crippen LogP contribution in [0.4, 0.5) is 10.1 Å². The molecule has 0 bridgehead atoms. The normalized spacial score (nSPS) is 10.6. The third-order valence-electron chi connectivity index (χ3n) is 3.56. The number of rotatable bonds is 7. The summed E-state index contributed by atoms with van der Waals surface area (Å²) in [5.41, 5.74) is 0.906. The van der Waals surface area contributed by atoms with Crippen LogP contribution < -0.4 is 15.9 Å². The molecular weight excluding hydrogens is 369 g/mol. The maximum Gasteiger partial charge on any atom is 0.234 e. The van der Waals surface area contributed by atoms with Crippen molar-refractivity contribution in [2.24, 2.45) is 0 Å². The van der Waals surface area contributed by atoms with E-state index in [9.17, 15) is 9.18 Å². The van der Waals surface area contributed by atoms with Gasteiger partial charge in [-0.2, -0.15) is 0 Å². The van der Waals surface area contributed by atoms with Gasteiger partial charge >= 0.3 is 0 Å². The molecule has 3 rings (SSSR count). The van der Waals surface area contributed by atoms with Crippen LogP contribution in [0, 0.1) is 5.82 Å². The first kappa shape index (κ1) is 18.7. The molecule has 1 aromatic heterocycles. The van der Waals surface area contributed by atoms with Crippen molar-refractivity contribution in [3.63, 3.8) is 0 Å². The van der Waals surface area contributed by atoms with Crippen LogP contribution in [-0.2, 0) is 4.79 Å². The summed E-state index contributed by atoms with van der Waals surface area (Å²) in [4.78, 5) is 12.1. The highest BCUT2D eigenvalue weighted by Crippen LogP contribution is 2.24. The molecule has 0 aliphatic carbocycles. The second kappa shape index (κ2) is 8.54. The van der Waals surface area contributed by atoms with E-state index in [-0.39, 0.29) is 23.0 Å². The number of nitrogens with two attached hydrogens (primary N) is 1. The quantitative estimate of drug-likeness (QED) is 0.478. The van der Waals surface area contributed by atoms with E-state index in [1.54, 1.807) is 42.5 Å². The molecular formula is C18H18FN5O2S. The molecule has 0 fully saturated rings. The molecule has 27 heavy (non-hydrogen) atoms. The first-order chi connectivity index (χ1) is 13.1. The van der Waals surface area contributed by atoms with Gasteiger partial charge in [-0.1, -0.05) is 23.9 Å². The smallest absolute Gasteiger partial charge is 0.234 e. The number of aromatic nitrogens is 3. The Bertz CT molecular complexity index is 930. The lowest BCUT2D eigenvalue weighted by Gasteiger charge is -2.07. The maximum absolute atomic E-state index is 13.9.